The molecule has 3 rings (SSSR count). The van der Waals surface area contributed by atoms with Crippen LogP contribution in [-0.4, -0.2) is 84.5 Å². The molecule has 130 valence electrons. The number of β-amino-alcohol motifs (C(OH)–C–C–N with tert-alkyl or cyclic N) is 1. The molecular weight excluding hydrogens is 320 g/mol. The van der Waals surface area contributed by atoms with Crippen molar-refractivity contribution in [1.29, 1.82) is 0 Å². The Morgan fingerprint density at radius 2 is 2.04 bits per heavy atom. The van der Waals surface area contributed by atoms with Crippen molar-refractivity contribution in [3.05, 3.63) is 12.4 Å². The van der Waals surface area contributed by atoms with E-state index in [4.69, 9.17) is 4.74 Å². The molecule has 9 heteroatoms. The van der Waals surface area contributed by atoms with Gasteiger partial charge in [0.25, 0.3) is 0 Å². The van der Waals surface area contributed by atoms with E-state index in [9.17, 15) is 13.5 Å². The highest BCUT2D eigenvalue weighted by atomic mass is 32.2. The Labute approximate surface area is 136 Å². The minimum Gasteiger partial charge on any atom is -0.389 e. The van der Waals surface area contributed by atoms with Crippen LogP contribution in [0.2, 0.25) is 0 Å². The van der Waals surface area contributed by atoms with E-state index in [0.29, 0.717) is 52.1 Å². The van der Waals surface area contributed by atoms with E-state index >= 15 is 0 Å². The molecule has 8 nitrogen and oxygen atoms in total. The maximum Gasteiger partial charge on any atom is 0.246 e. The first-order valence-corrected chi connectivity index (χ1v) is 9.45. The first kappa shape index (κ1) is 16.8. The minimum atomic E-state index is -3.53. The molecule has 2 fully saturated rings. The average molecular weight is 344 g/mol. The van der Waals surface area contributed by atoms with E-state index in [2.05, 4.69) is 15.1 Å². The summed E-state index contributed by atoms with van der Waals surface area (Å²) in [7, 11) is -3.53. The predicted octanol–water partition coefficient (Wildman–Crippen LogP) is -0.352. The van der Waals surface area contributed by atoms with Crippen LogP contribution in [-0.2, 0) is 14.8 Å². The number of rotatable bonds is 4. The Morgan fingerprint density at radius 1 is 1.26 bits per heavy atom. The molecule has 0 amide bonds. The maximum absolute atomic E-state index is 12.6. The van der Waals surface area contributed by atoms with Crippen LogP contribution in [0.5, 0.6) is 0 Å². The van der Waals surface area contributed by atoms with Crippen LogP contribution < -0.4 is 0 Å². The number of aromatic amines is 1. The van der Waals surface area contributed by atoms with E-state index in [-0.39, 0.29) is 4.90 Å². The molecule has 23 heavy (non-hydrogen) atoms. The van der Waals surface area contributed by atoms with Gasteiger partial charge in [0.2, 0.25) is 10.0 Å². The summed E-state index contributed by atoms with van der Waals surface area (Å²) in [5.74, 6) is 0. The average Bonchev–Trinajstić information content (AvgIpc) is 3.00. The molecule has 1 unspecified atom stereocenters. The molecule has 2 aliphatic rings. The summed E-state index contributed by atoms with van der Waals surface area (Å²) in [6.07, 6.45) is 4.42. The quantitative estimate of drug-likeness (QED) is 0.774. The van der Waals surface area contributed by atoms with Gasteiger partial charge in [-0.05, 0) is 19.3 Å². The third kappa shape index (κ3) is 3.92. The lowest BCUT2D eigenvalue weighted by Gasteiger charge is -2.35. The Bertz CT molecular complexity index is 600. The molecule has 0 spiro atoms. The molecule has 1 aromatic heterocycles. The number of morpholine rings is 1. The van der Waals surface area contributed by atoms with Crippen molar-refractivity contribution in [1.82, 2.24) is 19.4 Å². The predicted molar refractivity (Wildman–Crippen MR) is 83.4 cm³/mol. The first-order valence-electron chi connectivity index (χ1n) is 8.01. The highest BCUT2D eigenvalue weighted by molar-refractivity contribution is 7.89. The topological polar surface area (TPSA) is 98.8 Å². The van der Waals surface area contributed by atoms with Crippen molar-refractivity contribution in [3.8, 4) is 0 Å². The molecular formula is C14H24N4O4S. The lowest BCUT2D eigenvalue weighted by Crippen LogP contribution is -2.48. The fourth-order valence-corrected chi connectivity index (χ4v) is 4.64. The van der Waals surface area contributed by atoms with Gasteiger partial charge < -0.3 is 9.84 Å². The molecule has 0 aromatic carbocycles. The van der Waals surface area contributed by atoms with Crippen molar-refractivity contribution >= 4 is 10.0 Å². The van der Waals surface area contributed by atoms with Gasteiger partial charge in [-0.2, -0.15) is 9.40 Å². The maximum atomic E-state index is 12.6. The van der Waals surface area contributed by atoms with Gasteiger partial charge in [-0.1, -0.05) is 0 Å². The molecule has 2 saturated heterocycles. The summed E-state index contributed by atoms with van der Waals surface area (Å²) in [5, 5.41) is 17.1. The highest BCUT2D eigenvalue weighted by Crippen LogP contribution is 2.27. The smallest absolute Gasteiger partial charge is 0.246 e. The number of hydrogen-bond donors (Lipinski definition) is 2. The van der Waals surface area contributed by atoms with Crippen LogP contribution in [0, 0.1) is 0 Å². The van der Waals surface area contributed by atoms with Gasteiger partial charge >= 0.3 is 0 Å². The van der Waals surface area contributed by atoms with E-state index in [1.54, 1.807) is 0 Å². The van der Waals surface area contributed by atoms with Crippen molar-refractivity contribution in [2.75, 3.05) is 45.9 Å². The summed E-state index contributed by atoms with van der Waals surface area (Å²) in [4.78, 5) is 2.38. The fourth-order valence-electron chi connectivity index (χ4n) is 3.26. The summed E-state index contributed by atoms with van der Waals surface area (Å²) in [6, 6.07) is 0. The lowest BCUT2D eigenvalue weighted by atomic mass is 9.94. The van der Waals surface area contributed by atoms with Crippen molar-refractivity contribution in [2.45, 2.75) is 29.8 Å². The third-order valence-corrected chi connectivity index (χ3v) is 6.47. The zero-order valence-electron chi connectivity index (χ0n) is 13.1. The number of nitrogens with zero attached hydrogens (tertiary/aromatic N) is 3. The first-order chi connectivity index (χ1) is 11.0. The van der Waals surface area contributed by atoms with Gasteiger partial charge in [0.15, 0.2) is 0 Å². The molecule has 1 aromatic rings. The summed E-state index contributed by atoms with van der Waals surface area (Å²) < 4.78 is 31.9. The third-order valence-electron chi connectivity index (χ3n) is 4.61. The van der Waals surface area contributed by atoms with Gasteiger partial charge in [-0.15, -0.1) is 0 Å². The number of hydrogen-bond acceptors (Lipinski definition) is 6. The normalized spacial score (nSPS) is 28.6. The van der Waals surface area contributed by atoms with E-state index < -0.39 is 15.6 Å². The van der Waals surface area contributed by atoms with Gasteiger partial charge in [-0.25, -0.2) is 8.42 Å². The van der Waals surface area contributed by atoms with E-state index in [0.717, 1.165) is 13.1 Å². The lowest BCUT2D eigenvalue weighted by molar-refractivity contribution is -0.0385. The molecule has 2 aliphatic heterocycles. The van der Waals surface area contributed by atoms with E-state index in [1.807, 2.05) is 0 Å². The Kier molecular flexibility index (Phi) is 5.02. The van der Waals surface area contributed by atoms with Crippen molar-refractivity contribution in [3.63, 3.8) is 0 Å². The Morgan fingerprint density at radius 3 is 2.74 bits per heavy atom. The van der Waals surface area contributed by atoms with Crippen LogP contribution in [0.15, 0.2) is 17.3 Å². The molecule has 0 aliphatic carbocycles. The van der Waals surface area contributed by atoms with Crippen LogP contribution in [0.4, 0.5) is 0 Å². The summed E-state index contributed by atoms with van der Waals surface area (Å²) in [5.41, 5.74) is -0.835. The molecule has 0 radical (unpaired) electrons. The molecule has 2 N–H and O–H groups in total. The number of ether oxygens (including phenoxy) is 1. The zero-order chi connectivity index (χ0) is 16.3. The standard InChI is InChI=1S/C14H24N4O4S/c19-14(12-17-6-8-22-9-7-17)2-1-4-18(5-3-14)23(20,21)13-10-15-16-11-13/h10-11,19H,1-9,12H2,(H,15,16). The highest BCUT2D eigenvalue weighted by Gasteiger charge is 2.36. The van der Waals surface area contributed by atoms with Gasteiger partial charge in [0.05, 0.1) is 25.0 Å². The second kappa shape index (κ2) is 6.86. The largest absolute Gasteiger partial charge is 0.389 e. The zero-order valence-corrected chi connectivity index (χ0v) is 14.0. The molecule has 3 heterocycles. The van der Waals surface area contributed by atoms with Crippen LogP contribution in [0.25, 0.3) is 0 Å². The van der Waals surface area contributed by atoms with Crippen LogP contribution in [0.1, 0.15) is 19.3 Å². The van der Waals surface area contributed by atoms with Gasteiger partial charge in [-0.3, -0.25) is 10.00 Å². The SMILES string of the molecule is O=S(=O)(c1cn[nH]c1)N1CCCC(O)(CN2CCOCC2)CC1. The van der Waals surface area contributed by atoms with E-state index in [1.165, 1.54) is 16.7 Å². The monoisotopic (exact) mass is 344 g/mol. The van der Waals surface area contributed by atoms with Crippen LogP contribution in [0.3, 0.4) is 0 Å². The number of aromatic nitrogens is 2. The summed E-state index contributed by atoms with van der Waals surface area (Å²) in [6.45, 7) is 4.36. The second-order valence-electron chi connectivity index (χ2n) is 6.30. The number of nitrogens with one attached hydrogen (secondary N) is 1. The van der Waals surface area contributed by atoms with Gasteiger partial charge in [0, 0.05) is 38.9 Å². The number of H-pyrrole nitrogens is 1. The van der Waals surface area contributed by atoms with Crippen LogP contribution >= 0.6 is 0 Å². The summed E-state index contributed by atoms with van der Waals surface area (Å²) >= 11 is 0. The molecule has 1 atom stereocenters. The minimum absolute atomic E-state index is 0.177. The Hall–Kier alpha value is -1.00. The second-order valence-corrected chi connectivity index (χ2v) is 8.24. The molecule has 0 saturated carbocycles. The van der Waals surface area contributed by atoms with Crippen molar-refractivity contribution in [2.24, 2.45) is 0 Å². The number of sulfonamides is 1. The van der Waals surface area contributed by atoms with Crippen molar-refractivity contribution < 1.29 is 18.3 Å². The fraction of sp³-hybridized carbons (Fsp3) is 0.786. The molecule has 0 bridgehead atoms. The Balaban J connectivity index is 1.64. The number of aliphatic hydroxyl groups is 1. The van der Waals surface area contributed by atoms with Gasteiger partial charge in [0.1, 0.15) is 4.90 Å².